The minimum Gasteiger partial charge on any atom is -0.359 e. The Labute approximate surface area is 131 Å². The van der Waals surface area contributed by atoms with Crippen LogP contribution in [0.15, 0.2) is 21.8 Å². The quantitative estimate of drug-likeness (QED) is 0.623. The summed E-state index contributed by atoms with van der Waals surface area (Å²) in [5, 5.41) is 10.2. The fourth-order valence-corrected chi connectivity index (χ4v) is 2.54. The van der Waals surface area contributed by atoms with Gasteiger partial charge in [-0.1, -0.05) is 0 Å². The van der Waals surface area contributed by atoms with Crippen molar-refractivity contribution in [2.24, 2.45) is 10.4 Å². The van der Waals surface area contributed by atoms with Gasteiger partial charge in [-0.25, -0.2) is 0 Å². The van der Waals surface area contributed by atoms with E-state index in [9.17, 15) is 4.79 Å². The number of nitrogens with zero attached hydrogens (tertiary/aromatic N) is 2. The largest absolute Gasteiger partial charge is 0.359 e. The number of thiophene rings is 1. The zero-order valence-electron chi connectivity index (χ0n) is 13.6. The van der Waals surface area contributed by atoms with Gasteiger partial charge in [-0.3, -0.25) is 9.79 Å². The SMILES string of the molecule is CCNC(=NCC(C)(C)C(=O)NC)N(C)Cc1ccsc1. The highest BCUT2D eigenvalue weighted by atomic mass is 32.1. The van der Waals surface area contributed by atoms with E-state index in [-0.39, 0.29) is 5.91 Å². The number of guanidine groups is 1. The number of nitrogens with one attached hydrogen (secondary N) is 2. The van der Waals surface area contributed by atoms with E-state index in [1.54, 1.807) is 18.4 Å². The highest BCUT2D eigenvalue weighted by molar-refractivity contribution is 7.07. The van der Waals surface area contributed by atoms with Gasteiger partial charge in [-0.15, -0.1) is 0 Å². The summed E-state index contributed by atoms with van der Waals surface area (Å²) >= 11 is 1.69. The number of hydrogen-bond acceptors (Lipinski definition) is 3. The smallest absolute Gasteiger partial charge is 0.227 e. The van der Waals surface area contributed by atoms with Gasteiger partial charge in [-0.05, 0) is 43.2 Å². The zero-order chi connectivity index (χ0) is 15.9. The first kappa shape index (κ1) is 17.5. The second-order valence-electron chi connectivity index (χ2n) is 5.62. The van der Waals surface area contributed by atoms with E-state index in [1.807, 2.05) is 27.8 Å². The maximum atomic E-state index is 11.8. The van der Waals surface area contributed by atoms with Crippen LogP contribution in [0.4, 0.5) is 0 Å². The van der Waals surface area contributed by atoms with E-state index in [4.69, 9.17) is 0 Å². The van der Waals surface area contributed by atoms with Crippen LogP contribution in [-0.4, -0.2) is 44.0 Å². The number of carbonyl (C=O) groups excluding carboxylic acids is 1. The average molecular weight is 310 g/mol. The fourth-order valence-electron chi connectivity index (χ4n) is 1.88. The maximum absolute atomic E-state index is 11.8. The summed E-state index contributed by atoms with van der Waals surface area (Å²) in [5.74, 6) is 0.822. The van der Waals surface area contributed by atoms with Crippen molar-refractivity contribution in [1.29, 1.82) is 0 Å². The Hall–Kier alpha value is -1.56. The van der Waals surface area contributed by atoms with E-state index in [1.165, 1.54) is 5.56 Å². The van der Waals surface area contributed by atoms with E-state index in [2.05, 4.69) is 37.4 Å². The number of rotatable bonds is 6. The first-order valence-electron chi connectivity index (χ1n) is 7.13. The van der Waals surface area contributed by atoms with Gasteiger partial charge in [-0.2, -0.15) is 11.3 Å². The highest BCUT2D eigenvalue weighted by Crippen LogP contribution is 2.16. The van der Waals surface area contributed by atoms with Crippen LogP contribution in [0.25, 0.3) is 0 Å². The molecule has 1 aromatic rings. The highest BCUT2D eigenvalue weighted by Gasteiger charge is 2.26. The number of hydrogen-bond donors (Lipinski definition) is 2. The van der Waals surface area contributed by atoms with Crippen LogP contribution in [0.1, 0.15) is 26.3 Å². The predicted molar refractivity (Wildman–Crippen MR) is 89.6 cm³/mol. The molecule has 1 heterocycles. The van der Waals surface area contributed by atoms with Gasteiger partial charge in [0.2, 0.25) is 5.91 Å². The van der Waals surface area contributed by atoms with Gasteiger partial charge >= 0.3 is 0 Å². The molecule has 118 valence electrons. The normalized spacial score (nSPS) is 12.1. The minimum absolute atomic E-state index is 0.00239. The Morgan fingerprint density at radius 2 is 2.19 bits per heavy atom. The molecule has 1 amide bonds. The summed E-state index contributed by atoms with van der Waals surface area (Å²) in [5.41, 5.74) is 0.747. The van der Waals surface area contributed by atoms with Crippen molar-refractivity contribution in [2.75, 3.05) is 27.2 Å². The average Bonchev–Trinajstić information content (AvgIpc) is 2.95. The van der Waals surface area contributed by atoms with Gasteiger partial charge < -0.3 is 15.5 Å². The summed E-state index contributed by atoms with van der Waals surface area (Å²) < 4.78 is 0. The molecule has 0 aliphatic rings. The molecule has 0 radical (unpaired) electrons. The molecule has 0 saturated carbocycles. The van der Waals surface area contributed by atoms with E-state index in [0.717, 1.165) is 19.0 Å². The molecule has 2 N–H and O–H groups in total. The minimum atomic E-state index is -0.515. The molecule has 1 rings (SSSR count). The summed E-state index contributed by atoms with van der Waals surface area (Å²) in [4.78, 5) is 18.5. The van der Waals surface area contributed by atoms with Gasteiger partial charge in [0.25, 0.3) is 0 Å². The van der Waals surface area contributed by atoms with Crippen LogP contribution in [-0.2, 0) is 11.3 Å². The molecule has 1 aromatic heterocycles. The van der Waals surface area contributed by atoms with Crippen molar-refractivity contribution in [3.63, 3.8) is 0 Å². The Morgan fingerprint density at radius 1 is 1.48 bits per heavy atom. The summed E-state index contributed by atoms with van der Waals surface area (Å²) in [6, 6.07) is 2.11. The molecule has 0 bridgehead atoms. The van der Waals surface area contributed by atoms with Crippen LogP contribution in [0, 0.1) is 5.41 Å². The van der Waals surface area contributed by atoms with Crippen LogP contribution in [0.5, 0.6) is 0 Å². The molecule has 0 fully saturated rings. The first-order chi connectivity index (χ1) is 9.90. The Kier molecular flexibility index (Phi) is 6.68. The molecule has 0 aromatic carbocycles. The van der Waals surface area contributed by atoms with Crippen molar-refractivity contribution in [1.82, 2.24) is 15.5 Å². The second-order valence-corrected chi connectivity index (χ2v) is 6.40. The van der Waals surface area contributed by atoms with Gasteiger partial charge in [0.1, 0.15) is 0 Å². The van der Waals surface area contributed by atoms with Gasteiger partial charge in [0, 0.05) is 27.2 Å². The second kappa shape index (κ2) is 8.02. The lowest BCUT2D eigenvalue weighted by Gasteiger charge is -2.25. The third-order valence-electron chi connectivity index (χ3n) is 3.16. The summed E-state index contributed by atoms with van der Waals surface area (Å²) in [6.45, 7) is 7.89. The zero-order valence-corrected chi connectivity index (χ0v) is 14.4. The predicted octanol–water partition coefficient (Wildman–Crippen LogP) is 1.92. The molecule has 0 atom stereocenters. The molecule has 0 aliphatic heterocycles. The fraction of sp³-hybridized carbons (Fsp3) is 0.600. The van der Waals surface area contributed by atoms with E-state index >= 15 is 0 Å². The molecule has 0 aliphatic carbocycles. The van der Waals surface area contributed by atoms with Crippen molar-refractivity contribution in [3.8, 4) is 0 Å². The molecule has 6 heteroatoms. The third-order valence-corrected chi connectivity index (χ3v) is 3.89. The number of amides is 1. The van der Waals surface area contributed by atoms with Crippen LogP contribution >= 0.6 is 11.3 Å². The van der Waals surface area contributed by atoms with Crippen molar-refractivity contribution in [2.45, 2.75) is 27.3 Å². The van der Waals surface area contributed by atoms with Crippen molar-refractivity contribution in [3.05, 3.63) is 22.4 Å². The number of carbonyl (C=O) groups is 1. The Bertz CT molecular complexity index is 468. The Morgan fingerprint density at radius 3 is 2.71 bits per heavy atom. The molecule has 5 nitrogen and oxygen atoms in total. The summed E-state index contributed by atoms with van der Waals surface area (Å²) in [6.07, 6.45) is 0. The van der Waals surface area contributed by atoms with E-state index in [0.29, 0.717) is 6.54 Å². The van der Waals surface area contributed by atoms with E-state index < -0.39 is 5.41 Å². The van der Waals surface area contributed by atoms with Crippen LogP contribution < -0.4 is 10.6 Å². The standard InChI is InChI=1S/C15H26N4OS/c1-6-17-14(18-11-15(2,3)13(20)16-4)19(5)9-12-7-8-21-10-12/h7-8,10H,6,9,11H2,1-5H3,(H,16,20)(H,17,18). The van der Waals surface area contributed by atoms with Crippen molar-refractivity contribution < 1.29 is 4.79 Å². The molecule has 0 unspecified atom stereocenters. The monoisotopic (exact) mass is 310 g/mol. The van der Waals surface area contributed by atoms with Crippen molar-refractivity contribution >= 4 is 23.2 Å². The maximum Gasteiger partial charge on any atom is 0.227 e. The molecule has 0 saturated heterocycles. The lowest BCUT2D eigenvalue weighted by atomic mass is 9.93. The lowest BCUT2D eigenvalue weighted by molar-refractivity contribution is -0.128. The van der Waals surface area contributed by atoms with Crippen LogP contribution in [0.2, 0.25) is 0 Å². The molecule has 0 spiro atoms. The van der Waals surface area contributed by atoms with Crippen LogP contribution in [0.3, 0.4) is 0 Å². The first-order valence-corrected chi connectivity index (χ1v) is 8.07. The molecular weight excluding hydrogens is 284 g/mol. The summed E-state index contributed by atoms with van der Waals surface area (Å²) in [7, 11) is 3.66. The van der Waals surface area contributed by atoms with Gasteiger partial charge in [0.15, 0.2) is 5.96 Å². The molecular formula is C15H26N4OS. The topological polar surface area (TPSA) is 56.7 Å². The number of aliphatic imine (C=N–C) groups is 1. The third kappa shape index (κ3) is 5.38. The Balaban J connectivity index is 2.75. The molecule has 21 heavy (non-hydrogen) atoms. The van der Waals surface area contributed by atoms with Gasteiger partial charge in [0.05, 0.1) is 12.0 Å². The lowest BCUT2D eigenvalue weighted by Crippen LogP contribution is -2.41.